The maximum absolute atomic E-state index is 12.5. The average molecular weight is 382 g/mol. The minimum atomic E-state index is -3.25. The van der Waals surface area contributed by atoms with Crippen LogP contribution in [0.25, 0.3) is 0 Å². The molecule has 1 amide bonds. The molecule has 2 fully saturated rings. The van der Waals surface area contributed by atoms with Crippen LogP contribution in [0, 0.1) is 11.3 Å². The second-order valence-corrected chi connectivity index (χ2v) is 9.22. The van der Waals surface area contributed by atoms with E-state index in [0.29, 0.717) is 38.5 Å². The van der Waals surface area contributed by atoms with Crippen molar-refractivity contribution in [1.82, 2.24) is 9.21 Å². The van der Waals surface area contributed by atoms with Crippen molar-refractivity contribution in [1.29, 1.82) is 0 Å². The second-order valence-electron chi connectivity index (χ2n) is 7.24. The van der Waals surface area contributed by atoms with Crippen LogP contribution in [0.1, 0.15) is 6.42 Å². The van der Waals surface area contributed by atoms with Gasteiger partial charge in [-0.3, -0.25) is 4.79 Å². The number of para-hydroxylation sites is 1. The number of nitrogens with zero attached hydrogens (tertiary/aromatic N) is 2. The molecule has 3 rings (SSSR count). The Morgan fingerprint density at radius 3 is 2.65 bits per heavy atom. The summed E-state index contributed by atoms with van der Waals surface area (Å²) in [6.45, 7) is 2.52. The highest BCUT2D eigenvalue weighted by Crippen LogP contribution is 2.43. The monoisotopic (exact) mass is 382 g/mol. The van der Waals surface area contributed by atoms with Crippen LogP contribution in [0.15, 0.2) is 30.3 Å². The molecule has 2 saturated heterocycles. The first-order chi connectivity index (χ1) is 12.3. The number of methoxy groups -OCH3 is 1. The molecular formula is C18H26N2O5S. The Labute approximate surface area is 154 Å². The van der Waals surface area contributed by atoms with Crippen LogP contribution < -0.4 is 4.74 Å². The molecule has 0 saturated carbocycles. The molecular weight excluding hydrogens is 356 g/mol. The molecule has 1 aromatic carbocycles. The number of benzene rings is 1. The summed E-state index contributed by atoms with van der Waals surface area (Å²) in [5, 5.41) is 0. The topological polar surface area (TPSA) is 76.2 Å². The van der Waals surface area contributed by atoms with E-state index < -0.39 is 10.0 Å². The minimum Gasteiger partial charge on any atom is -0.484 e. The Morgan fingerprint density at radius 2 is 2.00 bits per heavy atom. The van der Waals surface area contributed by atoms with Gasteiger partial charge in [-0.2, -0.15) is 0 Å². The zero-order valence-corrected chi connectivity index (χ0v) is 16.1. The Morgan fingerprint density at radius 1 is 1.27 bits per heavy atom. The van der Waals surface area contributed by atoms with E-state index in [4.69, 9.17) is 9.47 Å². The molecule has 0 aromatic heterocycles. The Kier molecular flexibility index (Phi) is 5.55. The van der Waals surface area contributed by atoms with Gasteiger partial charge in [0.1, 0.15) is 5.75 Å². The van der Waals surface area contributed by atoms with Gasteiger partial charge in [0.15, 0.2) is 6.61 Å². The summed E-state index contributed by atoms with van der Waals surface area (Å²) in [6, 6.07) is 9.24. The normalized spacial score (nSPS) is 26.5. The van der Waals surface area contributed by atoms with Crippen LogP contribution in [0.3, 0.4) is 0 Å². The number of likely N-dealkylation sites (tertiary alicyclic amines) is 1. The summed E-state index contributed by atoms with van der Waals surface area (Å²) in [5.74, 6) is 0.667. The number of piperidine rings is 1. The summed E-state index contributed by atoms with van der Waals surface area (Å²) < 4.78 is 36.4. The van der Waals surface area contributed by atoms with Gasteiger partial charge < -0.3 is 14.4 Å². The third-order valence-corrected chi connectivity index (χ3v) is 6.68. The van der Waals surface area contributed by atoms with Gasteiger partial charge in [0.2, 0.25) is 10.0 Å². The molecule has 0 aliphatic carbocycles. The van der Waals surface area contributed by atoms with Crippen molar-refractivity contribution >= 4 is 15.9 Å². The fraction of sp³-hybridized carbons (Fsp3) is 0.611. The maximum atomic E-state index is 12.5. The summed E-state index contributed by atoms with van der Waals surface area (Å²) in [5.41, 5.74) is -0.213. The van der Waals surface area contributed by atoms with Gasteiger partial charge in [-0.1, -0.05) is 18.2 Å². The van der Waals surface area contributed by atoms with E-state index in [9.17, 15) is 13.2 Å². The molecule has 0 N–H and O–H groups in total. The van der Waals surface area contributed by atoms with Crippen LogP contribution >= 0.6 is 0 Å². The number of ether oxygens (including phenoxy) is 2. The van der Waals surface area contributed by atoms with Crippen LogP contribution in [0.2, 0.25) is 0 Å². The van der Waals surface area contributed by atoms with Crippen LogP contribution in [0.4, 0.5) is 0 Å². The van der Waals surface area contributed by atoms with E-state index in [-0.39, 0.29) is 23.8 Å². The average Bonchev–Trinajstić information content (AvgIpc) is 2.99. The number of amides is 1. The second kappa shape index (κ2) is 7.54. The number of sulfonamides is 1. The summed E-state index contributed by atoms with van der Waals surface area (Å²) in [7, 11) is -1.61. The van der Waals surface area contributed by atoms with Crippen molar-refractivity contribution in [2.75, 3.05) is 52.8 Å². The van der Waals surface area contributed by atoms with Crippen molar-refractivity contribution in [3.63, 3.8) is 0 Å². The molecule has 2 heterocycles. The van der Waals surface area contributed by atoms with Crippen LogP contribution in [-0.2, 0) is 19.6 Å². The number of hydrogen-bond donors (Lipinski definition) is 0. The number of fused-ring (bicyclic) bond motifs is 1. The third-order valence-electron chi connectivity index (χ3n) is 5.46. The predicted octanol–water partition coefficient (Wildman–Crippen LogP) is 0.822. The first-order valence-electron chi connectivity index (χ1n) is 8.74. The molecule has 8 heteroatoms. The highest BCUT2D eigenvalue weighted by molar-refractivity contribution is 7.88. The Hall–Kier alpha value is -1.64. The van der Waals surface area contributed by atoms with Crippen molar-refractivity contribution in [2.24, 2.45) is 11.3 Å². The van der Waals surface area contributed by atoms with Gasteiger partial charge in [-0.25, -0.2) is 12.7 Å². The maximum Gasteiger partial charge on any atom is 0.260 e. The zero-order chi connectivity index (χ0) is 18.8. The molecule has 2 atom stereocenters. The number of hydrogen-bond acceptors (Lipinski definition) is 5. The molecule has 0 radical (unpaired) electrons. The van der Waals surface area contributed by atoms with Gasteiger partial charge in [0.05, 0.1) is 12.9 Å². The minimum absolute atomic E-state index is 0.0101. The fourth-order valence-electron chi connectivity index (χ4n) is 3.99. The summed E-state index contributed by atoms with van der Waals surface area (Å²) in [4.78, 5) is 14.3. The van der Waals surface area contributed by atoms with Gasteiger partial charge in [-0.05, 0) is 24.5 Å². The Bertz CT molecular complexity index is 739. The molecule has 7 nitrogen and oxygen atoms in total. The van der Waals surface area contributed by atoms with Gasteiger partial charge >= 0.3 is 0 Å². The van der Waals surface area contributed by atoms with E-state index in [1.54, 1.807) is 12.0 Å². The smallest absolute Gasteiger partial charge is 0.260 e. The van der Waals surface area contributed by atoms with Crippen LogP contribution in [-0.4, -0.2) is 76.3 Å². The van der Waals surface area contributed by atoms with E-state index in [2.05, 4.69) is 0 Å². The van der Waals surface area contributed by atoms with E-state index >= 15 is 0 Å². The van der Waals surface area contributed by atoms with Gasteiger partial charge in [0, 0.05) is 38.7 Å². The molecule has 2 unspecified atom stereocenters. The molecule has 0 bridgehead atoms. The highest BCUT2D eigenvalue weighted by Gasteiger charge is 2.52. The lowest BCUT2D eigenvalue weighted by atomic mass is 9.73. The van der Waals surface area contributed by atoms with E-state index in [1.807, 2.05) is 30.3 Å². The van der Waals surface area contributed by atoms with Gasteiger partial charge in [-0.15, -0.1) is 0 Å². The first kappa shape index (κ1) is 19.1. The van der Waals surface area contributed by atoms with Crippen molar-refractivity contribution < 1.29 is 22.7 Å². The summed E-state index contributed by atoms with van der Waals surface area (Å²) >= 11 is 0. The first-order valence-corrected chi connectivity index (χ1v) is 10.6. The summed E-state index contributed by atoms with van der Waals surface area (Å²) in [6.07, 6.45) is 1.97. The lowest BCUT2D eigenvalue weighted by Crippen LogP contribution is -2.51. The molecule has 2 aliphatic rings. The standard InChI is InChI=1S/C18H26N2O5S/c1-24-14-18-8-9-19(10-15(18)11-20(13-18)26(2,22)23)17(21)12-25-16-6-4-3-5-7-16/h3-7,15H,8-14H2,1-2H3. The Balaban J connectivity index is 1.64. The van der Waals surface area contributed by atoms with E-state index in [1.165, 1.54) is 10.6 Å². The number of carbonyl (C=O) groups is 1. The zero-order valence-electron chi connectivity index (χ0n) is 15.3. The predicted molar refractivity (Wildman–Crippen MR) is 97.3 cm³/mol. The lowest BCUT2D eigenvalue weighted by molar-refractivity contribution is -0.137. The quantitative estimate of drug-likeness (QED) is 0.728. The van der Waals surface area contributed by atoms with Gasteiger partial charge in [0.25, 0.3) is 5.91 Å². The lowest BCUT2D eigenvalue weighted by Gasteiger charge is -2.43. The molecule has 2 aliphatic heterocycles. The number of carbonyl (C=O) groups excluding carboxylic acids is 1. The molecule has 0 spiro atoms. The molecule has 1 aromatic rings. The molecule has 26 heavy (non-hydrogen) atoms. The van der Waals surface area contributed by atoms with Crippen molar-refractivity contribution in [2.45, 2.75) is 6.42 Å². The highest BCUT2D eigenvalue weighted by atomic mass is 32.2. The SMILES string of the molecule is COCC12CCN(C(=O)COc3ccccc3)CC1CN(S(C)(=O)=O)C2. The van der Waals surface area contributed by atoms with Crippen molar-refractivity contribution in [3.05, 3.63) is 30.3 Å². The number of rotatable bonds is 6. The van der Waals surface area contributed by atoms with E-state index in [0.717, 1.165) is 6.42 Å². The molecule has 144 valence electrons. The van der Waals surface area contributed by atoms with Crippen LogP contribution in [0.5, 0.6) is 5.75 Å². The largest absolute Gasteiger partial charge is 0.484 e. The fourth-order valence-corrected chi connectivity index (χ4v) is 4.93. The third kappa shape index (κ3) is 4.02. The van der Waals surface area contributed by atoms with Crippen molar-refractivity contribution in [3.8, 4) is 5.75 Å².